The molecular weight excluding hydrogens is 273 g/mol. The van der Waals surface area contributed by atoms with Crippen LogP contribution in [-0.2, 0) is 17.9 Å². The fourth-order valence-electron chi connectivity index (χ4n) is 1.84. The van der Waals surface area contributed by atoms with Crippen LogP contribution in [0, 0.1) is 5.82 Å². The first kappa shape index (κ1) is 15.0. The van der Waals surface area contributed by atoms with Crippen LogP contribution in [-0.4, -0.2) is 17.6 Å². The van der Waals surface area contributed by atoms with Gasteiger partial charge in [0, 0.05) is 12.1 Å². The summed E-state index contributed by atoms with van der Waals surface area (Å²) in [4.78, 5) is 10.4. The van der Waals surface area contributed by atoms with Gasteiger partial charge in [-0.05, 0) is 23.8 Å². The third-order valence-electron chi connectivity index (χ3n) is 2.86. The van der Waals surface area contributed by atoms with Gasteiger partial charge >= 0.3 is 5.97 Å². The van der Waals surface area contributed by atoms with Crippen LogP contribution in [0.2, 0.25) is 0 Å². The number of ether oxygens (including phenoxy) is 1. The molecule has 0 aliphatic heterocycles. The van der Waals surface area contributed by atoms with E-state index in [1.54, 1.807) is 30.3 Å². The first-order chi connectivity index (χ1) is 10.1. The van der Waals surface area contributed by atoms with Gasteiger partial charge in [0.05, 0.1) is 6.54 Å². The van der Waals surface area contributed by atoms with E-state index in [1.807, 2.05) is 12.1 Å². The van der Waals surface area contributed by atoms with Crippen molar-refractivity contribution in [1.82, 2.24) is 5.32 Å². The summed E-state index contributed by atoms with van der Waals surface area (Å²) < 4.78 is 19.0. The van der Waals surface area contributed by atoms with Gasteiger partial charge in [0.15, 0.2) is 0 Å². The SMILES string of the molecule is O=C(O)CNCc1cccc(OCc2ccccc2F)c1. The topological polar surface area (TPSA) is 58.6 Å². The Bertz CT molecular complexity index is 616. The van der Waals surface area contributed by atoms with Crippen LogP contribution < -0.4 is 10.1 Å². The van der Waals surface area contributed by atoms with Gasteiger partial charge in [0.1, 0.15) is 18.2 Å². The molecule has 0 aromatic heterocycles. The molecule has 0 radical (unpaired) electrons. The third kappa shape index (κ3) is 4.89. The lowest BCUT2D eigenvalue weighted by Gasteiger charge is -2.09. The molecule has 5 heteroatoms. The monoisotopic (exact) mass is 289 g/mol. The Hall–Kier alpha value is -2.40. The predicted octanol–water partition coefficient (Wildman–Crippen LogP) is 2.58. The highest BCUT2D eigenvalue weighted by molar-refractivity contribution is 5.68. The minimum atomic E-state index is -0.901. The summed E-state index contributed by atoms with van der Waals surface area (Å²) in [5.41, 5.74) is 1.40. The molecule has 2 rings (SSSR count). The Balaban J connectivity index is 1.92. The van der Waals surface area contributed by atoms with Crippen LogP contribution in [0.25, 0.3) is 0 Å². The number of carboxylic acid groups (broad SMARTS) is 1. The van der Waals surface area contributed by atoms with Gasteiger partial charge in [-0.2, -0.15) is 0 Å². The van der Waals surface area contributed by atoms with E-state index in [0.717, 1.165) is 5.56 Å². The van der Waals surface area contributed by atoms with Gasteiger partial charge in [0.25, 0.3) is 0 Å². The van der Waals surface area contributed by atoms with E-state index < -0.39 is 5.97 Å². The fourth-order valence-corrected chi connectivity index (χ4v) is 1.84. The summed E-state index contributed by atoms with van der Waals surface area (Å²) in [6.07, 6.45) is 0. The molecule has 0 spiro atoms. The molecule has 21 heavy (non-hydrogen) atoms. The summed E-state index contributed by atoms with van der Waals surface area (Å²) in [7, 11) is 0. The van der Waals surface area contributed by atoms with Crippen LogP contribution in [0.3, 0.4) is 0 Å². The Morgan fingerprint density at radius 1 is 1.19 bits per heavy atom. The van der Waals surface area contributed by atoms with Crippen LogP contribution in [0.1, 0.15) is 11.1 Å². The molecule has 0 aliphatic carbocycles. The Labute approximate surface area is 122 Å². The third-order valence-corrected chi connectivity index (χ3v) is 2.86. The maximum atomic E-state index is 13.5. The second-order valence-electron chi connectivity index (χ2n) is 4.52. The van der Waals surface area contributed by atoms with Crippen LogP contribution in [0.5, 0.6) is 5.75 Å². The molecule has 0 saturated heterocycles. The zero-order chi connectivity index (χ0) is 15.1. The van der Waals surface area contributed by atoms with Crippen molar-refractivity contribution in [2.45, 2.75) is 13.2 Å². The molecule has 0 bridgehead atoms. The fraction of sp³-hybridized carbons (Fsp3) is 0.188. The van der Waals surface area contributed by atoms with Crippen molar-refractivity contribution in [2.24, 2.45) is 0 Å². The standard InChI is InChI=1S/C16H16FNO3/c17-15-7-2-1-5-13(15)11-21-14-6-3-4-12(8-14)9-18-10-16(19)20/h1-8,18H,9-11H2,(H,19,20). The van der Waals surface area contributed by atoms with Crippen molar-refractivity contribution in [1.29, 1.82) is 0 Å². The lowest BCUT2D eigenvalue weighted by molar-refractivity contribution is -0.135. The van der Waals surface area contributed by atoms with E-state index in [0.29, 0.717) is 17.9 Å². The van der Waals surface area contributed by atoms with E-state index in [1.165, 1.54) is 6.07 Å². The van der Waals surface area contributed by atoms with Crippen molar-refractivity contribution in [3.8, 4) is 5.75 Å². The maximum absolute atomic E-state index is 13.5. The molecule has 0 amide bonds. The zero-order valence-corrected chi connectivity index (χ0v) is 11.4. The molecule has 2 N–H and O–H groups in total. The second kappa shape index (κ2) is 7.40. The summed E-state index contributed by atoms with van der Waals surface area (Å²) in [5, 5.41) is 11.4. The minimum absolute atomic E-state index is 0.0969. The number of halogens is 1. The largest absolute Gasteiger partial charge is 0.489 e. The average Bonchev–Trinajstić information content (AvgIpc) is 2.46. The predicted molar refractivity (Wildman–Crippen MR) is 76.5 cm³/mol. The van der Waals surface area contributed by atoms with Crippen molar-refractivity contribution in [3.05, 3.63) is 65.5 Å². The van der Waals surface area contributed by atoms with Gasteiger partial charge in [-0.25, -0.2) is 4.39 Å². The van der Waals surface area contributed by atoms with Crippen LogP contribution in [0.4, 0.5) is 4.39 Å². The zero-order valence-electron chi connectivity index (χ0n) is 11.4. The van der Waals surface area contributed by atoms with Crippen molar-refractivity contribution in [3.63, 3.8) is 0 Å². The summed E-state index contributed by atoms with van der Waals surface area (Å²) in [6, 6.07) is 13.7. The molecule has 2 aromatic carbocycles. The number of hydrogen-bond acceptors (Lipinski definition) is 3. The van der Waals surface area contributed by atoms with Gasteiger partial charge in [-0.3, -0.25) is 4.79 Å². The normalized spacial score (nSPS) is 10.3. The average molecular weight is 289 g/mol. The van der Waals surface area contributed by atoms with Gasteiger partial charge < -0.3 is 15.2 Å². The summed E-state index contributed by atoms with van der Waals surface area (Å²) in [6.45, 7) is 0.488. The van der Waals surface area contributed by atoms with Gasteiger partial charge in [-0.1, -0.05) is 30.3 Å². The molecule has 110 valence electrons. The molecule has 0 atom stereocenters. The van der Waals surface area contributed by atoms with Crippen molar-refractivity contribution in [2.75, 3.05) is 6.54 Å². The number of nitrogens with one attached hydrogen (secondary N) is 1. The number of rotatable bonds is 7. The highest BCUT2D eigenvalue weighted by Gasteiger charge is 2.03. The number of aliphatic carboxylic acids is 1. The van der Waals surface area contributed by atoms with E-state index in [4.69, 9.17) is 9.84 Å². The minimum Gasteiger partial charge on any atom is -0.489 e. The Morgan fingerprint density at radius 2 is 2.00 bits per heavy atom. The van der Waals surface area contributed by atoms with Crippen LogP contribution in [0.15, 0.2) is 48.5 Å². The molecule has 0 aliphatic rings. The molecule has 2 aromatic rings. The highest BCUT2D eigenvalue weighted by Crippen LogP contribution is 2.16. The Morgan fingerprint density at radius 3 is 2.76 bits per heavy atom. The highest BCUT2D eigenvalue weighted by atomic mass is 19.1. The summed E-state index contributed by atoms with van der Waals surface area (Å²) in [5.74, 6) is -0.577. The summed E-state index contributed by atoms with van der Waals surface area (Å²) >= 11 is 0. The first-order valence-electron chi connectivity index (χ1n) is 6.53. The molecule has 0 fully saturated rings. The lowest BCUT2D eigenvalue weighted by atomic mass is 10.2. The first-order valence-corrected chi connectivity index (χ1v) is 6.53. The molecule has 0 unspecified atom stereocenters. The van der Waals surface area contributed by atoms with Gasteiger partial charge in [-0.15, -0.1) is 0 Å². The number of hydrogen-bond donors (Lipinski definition) is 2. The van der Waals surface area contributed by atoms with E-state index in [2.05, 4.69) is 5.32 Å². The second-order valence-corrected chi connectivity index (χ2v) is 4.52. The number of carbonyl (C=O) groups is 1. The quantitative estimate of drug-likeness (QED) is 0.822. The number of benzene rings is 2. The molecule has 0 heterocycles. The van der Waals surface area contributed by atoms with Crippen molar-refractivity contribution < 1.29 is 19.0 Å². The van der Waals surface area contributed by atoms with E-state index >= 15 is 0 Å². The van der Waals surface area contributed by atoms with Crippen molar-refractivity contribution >= 4 is 5.97 Å². The van der Waals surface area contributed by atoms with E-state index in [9.17, 15) is 9.18 Å². The van der Waals surface area contributed by atoms with E-state index in [-0.39, 0.29) is 19.0 Å². The molecule has 4 nitrogen and oxygen atoms in total. The van der Waals surface area contributed by atoms with Crippen LogP contribution >= 0.6 is 0 Å². The number of carboxylic acids is 1. The maximum Gasteiger partial charge on any atom is 0.317 e. The van der Waals surface area contributed by atoms with Gasteiger partial charge in [0.2, 0.25) is 0 Å². The molecular formula is C16H16FNO3. The lowest BCUT2D eigenvalue weighted by Crippen LogP contribution is -2.21. The molecule has 0 saturated carbocycles. The smallest absolute Gasteiger partial charge is 0.317 e. The Kier molecular flexibility index (Phi) is 5.29.